The lowest BCUT2D eigenvalue weighted by molar-refractivity contribution is -0.142. The average molecular weight is 321 g/mol. The Morgan fingerprint density at radius 3 is 2.57 bits per heavy atom. The zero-order chi connectivity index (χ0) is 17.1. The number of hydrogen-bond donors (Lipinski definition) is 1. The van der Waals surface area contributed by atoms with Crippen LogP contribution in [0.1, 0.15) is 59.8 Å². The molecule has 2 aliphatic rings. The zero-order valence-electron chi connectivity index (χ0n) is 14.5. The van der Waals surface area contributed by atoms with E-state index >= 15 is 0 Å². The van der Waals surface area contributed by atoms with E-state index in [-0.39, 0.29) is 41.5 Å². The number of carbonyl (C=O) groups excluding carboxylic acids is 3. The molecule has 1 aliphatic heterocycles. The third-order valence-electron chi connectivity index (χ3n) is 4.78. The van der Waals surface area contributed by atoms with Crippen LogP contribution in [0.5, 0.6) is 0 Å². The molecule has 0 aromatic rings. The van der Waals surface area contributed by atoms with Crippen molar-refractivity contribution in [1.29, 1.82) is 0 Å². The van der Waals surface area contributed by atoms with Crippen LogP contribution in [-0.2, 0) is 14.4 Å². The van der Waals surface area contributed by atoms with E-state index in [4.69, 9.17) is 0 Å². The highest BCUT2D eigenvalue weighted by Crippen LogP contribution is 2.36. The quantitative estimate of drug-likeness (QED) is 0.478. The van der Waals surface area contributed by atoms with Gasteiger partial charge < -0.3 is 0 Å². The van der Waals surface area contributed by atoms with Crippen molar-refractivity contribution >= 4 is 23.4 Å². The molecule has 3 unspecified atom stereocenters. The van der Waals surface area contributed by atoms with Crippen molar-refractivity contribution < 1.29 is 14.4 Å². The lowest BCUT2D eigenvalue weighted by atomic mass is 9.94. The molecule has 128 valence electrons. The van der Waals surface area contributed by atoms with E-state index in [2.05, 4.69) is 10.5 Å². The Kier molecular flexibility index (Phi) is 5.55. The summed E-state index contributed by atoms with van der Waals surface area (Å²) in [6.07, 6.45) is 3.14. The van der Waals surface area contributed by atoms with Crippen molar-refractivity contribution in [2.75, 3.05) is 0 Å². The van der Waals surface area contributed by atoms with Crippen molar-refractivity contribution in [3.05, 3.63) is 0 Å². The molecule has 1 heterocycles. The molecule has 6 nitrogen and oxygen atoms in total. The lowest BCUT2D eigenvalue weighted by Crippen LogP contribution is -2.39. The van der Waals surface area contributed by atoms with Gasteiger partial charge in [0.05, 0.1) is 0 Å². The van der Waals surface area contributed by atoms with Gasteiger partial charge in [-0.05, 0) is 44.9 Å². The number of hydrogen-bond acceptors (Lipinski definition) is 4. The van der Waals surface area contributed by atoms with Crippen LogP contribution in [0.3, 0.4) is 0 Å². The van der Waals surface area contributed by atoms with Crippen LogP contribution < -0.4 is 5.43 Å². The highest BCUT2D eigenvalue weighted by molar-refractivity contribution is 6.04. The molecule has 6 heteroatoms. The second-order valence-electron chi connectivity index (χ2n) is 7.29. The average Bonchev–Trinajstić information content (AvgIpc) is 3.01. The maximum atomic E-state index is 12.5. The van der Waals surface area contributed by atoms with Gasteiger partial charge in [-0.1, -0.05) is 13.8 Å². The fraction of sp³-hybridized carbons (Fsp3) is 0.765. The molecule has 23 heavy (non-hydrogen) atoms. The molecule has 0 spiro atoms. The van der Waals surface area contributed by atoms with Gasteiger partial charge in [-0.3, -0.25) is 19.3 Å². The van der Waals surface area contributed by atoms with Gasteiger partial charge in [0, 0.05) is 30.5 Å². The lowest BCUT2D eigenvalue weighted by Gasteiger charge is -2.23. The van der Waals surface area contributed by atoms with Gasteiger partial charge in [0.25, 0.3) is 0 Å². The van der Waals surface area contributed by atoms with E-state index in [1.807, 2.05) is 27.7 Å². The Labute approximate surface area is 137 Å². The summed E-state index contributed by atoms with van der Waals surface area (Å²) >= 11 is 0. The molecule has 0 bridgehead atoms. The normalized spacial score (nSPS) is 27.7. The van der Waals surface area contributed by atoms with Crippen LogP contribution in [-0.4, -0.2) is 34.4 Å². The number of imide groups is 1. The van der Waals surface area contributed by atoms with Crippen LogP contribution in [0.15, 0.2) is 5.10 Å². The number of carbonyl (C=O) groups is 3. The highest BCUT2D eigenvalue weighted by atomic mass is 16.2. The molecule has 1 saturated heterocycles. The minimum absolute atomic E-state index is 0.0219. The molecule has 2 fully saturated rings. The Bertz CT molecular complexity index is 523. The number of nitrogens with zero attached hydrogens (tertiary/aromatic N) is 2. The first-order chi connectivity index (χ1) is 10.8. The van der Waals surface area contributed by atoms with Crippen molar-refractivity contribution in [2.45, 2.75) is 65.8 Å². The second kappa shape index (κ2) is 7.23. The third kappa shape index (κ3) is 4.18. The first-order valence-corrected chi connectivity index (χ1v) is 8.45. The Hall–Kier alpha value is -1.72. The summed E-state index contributed by atoms with van der Waals surface area (Å²) in [4.78, 5) is 38.0. The van der Waals surface area contributed by atoms with Crippen molar-refractivity contribution in [3.8, 4) is 0 Å². The SMILES string of the molecule is CC(C)=NNC(=O)CC1CCC(N2C(=O)CC(C(C)C)C2=O)C1. The van der Waals surface area contributed by atoms with Gasteiger partial charge in [-0.2, -0.15) is 5.10 Å². The summed E-state index contributed by atoms with van der Waals surface area (Å²) in [6, 6.07) is -0.0343. The molecule has 0 aromatic carbocycles. The van der Waals surface area contributed by atoms with E-state index in [0.717, 1.165) is 25.0 Å². The number of hydrazone groups is 1. The molecule has 1 aliphatic carbocycles. The minimum atomic E-state index is -0.174. The van der Waals surface area contributed by atoms with Crippen LogP contribution in [0, 0.1) is 17.8 Å². The van der Waals surface area contributed by atoms with Crippen LogP contribution >= 0.6 is 0 Å². The summed E-state index contributed by atoms with van der Waals surface area (Å²) in [5.41, 5.74) is 3.34. The molecule has 0 radical (unpaired) electrons. The highest BCUT2D eigenvalue weighted by Gasteiger charge is 2.45. The maximum Gasteiger partial charge on any atom is 0.240 e. The maximum absolute atomic E-state index is 12.5. The van der Waals surface area contributed by atoms with Gasteiger partial charge in [0.2, 0.25) is 17.7 Å². The topological polar surface area (TPSA) is 78.8 Å². The first kappa shape index (κ1) is 17.6. The van der Waals surface area contributed by atoms with Crippen LogP contribution in [0.2, 0.25) is 0 Å². The van der Waals surface area contributed by atoms with Gasteiger partial charge >= 0.3 is 0 Å². The molecule has 1 N–H and O–H groups in total. The van der Waals surface area contributed by atoms with Gasteiger partial charge in [0.15, 0.2) is 0 Å². The predicted octanol–water partition coefficient (Wildman–Crippen LogP) is 2.09. The van der Waals surface area contributed by atoms with Crippen LogP contribution in [0.25, 0.3) is 0 Å². The molecule has 3 amide bonds. The van der Waals surface area contributed by atoms with Crippen molar-refractivity contribution in [2.24, 2.45) is 22.9 Å². The summed E-state index contributed by atoms with van der Waals surface area (Å²) < 4.78 is 0. The number of rotatable bonds is 5. The van der Waals surface area contributed by atoms with Gasteiger partial charge in [0.1, 0.15) is 0 Å². The Balaban J connectivity index is 1.90. The van der Waals surface area contributed by atoms with Gasteiger partial charge in [-0.25, -0.2) is 5.43 Å². The van der Waals surface area contributed by atoms with E-state index < -0.39 is 0 Å². The summed E-state index contributed by atoms with van der Waals surface area (Å²) in [6.45, 7) is 7.61. The Morgan fingerprint density at radius 1 is 1.30 bits per heavy atom. The molecule has 0 aromatic heterocycles. The van der Waals surface area contributed by atoms with E-state index in [0.29, 0.717) is 12.8 Å². The number of amides is 3. The summed E-state index contributed by atoms with van der Waals surface area (Å²) in [5, 5.41) is 3.91. The predicted molar refractivity (Wildman–Crippen MR) is 87.5 cm³/mol. The Morgan fingerprint density at radius 2 is 2.00 bits per heavy atom. The summed E-state index contributed by atoms with van der Waals surface area (Å²) in [5.74, 6) is 0.0599. The first-order valence-electron chi connectivity index (χ1n) is 8.45. The molecular weight excluding hydrogens is 294 g/mol. The van der Waals surface area contributed by atoms with E-state index in [1.54, 1.807) is 0 Å². The summed E-state index contributed by atoms with van der Waals surface area (Å²) in [7, 11) is 0. The minimum Gasteiger partial charge on any atom is -0.279 e. The largest absolute Gasteiger partial charge is 0.279 e. The smallest absolute Gasteiger partial charge is 0.240 e. The van der Waals surface area contributed by atoms with Crippen molar-refractivity contribution in [1.82, 2.24) is 10.3 Å². The fourth-order valence-electron chi connectivity index (χ4n) is 3.53. The van der Waals surface area contributed by atoms with Crippen molar-refractivity contribution in [3.63, 3.8) is 0 Å². The zero-order valence-corrected chi connectivity index (χ0v) is 14.5. The third-order valence-corrected chi connectivity index (χ3v) is 4.78. The fourth-order valence-corrected chi connectivity index (χ4v) is 3.53. The number of likely N-dealkylation sites (tertiary alicyclic amines) is 1. The van der Waals surface area contributed by atoms with Gasteiger partial charge in [-0.15, -0.1) is 0 Å². The molecule has 2 rings (SSSR count). The number of nitrogens with one attached hydrogen (secondary N) is 1. The van der Waals surface area contributed by atoms with Crippen LogP contribution in [0.4, 0.5) is 0 Å². The monoisotopic (exact) mass is 321 g/mol. The molecule has 1 saturated carbocycles. The van der Waals surface area contributed by atoms with E-state index in [9.17, 15) is 14.4 Å². The van der Waals surface area contributed by atoms with E-state index in [1.165, 1.54) is 4.90 Å². The second-order valence-corrected chi connectivity index (χ2v) is 7.29. The molecule has 3 atom stereocenters. The standard InChI is InChI=1S/C17H27N3O3/c1-10(2)14-9-16(22)20(17(14)23)13-6-5-12(7-13)8-15(21)19-18-11(3)4/h10,12-14H,5-9H2,1-4H3,(H,19,21). The molecular formula is C17H27N3O3.